The lowest BCUT2D eigenvalue weighted by atomic mass is 9.83. The zero-order chi connectivity index (χ0) is 14.6. The van der Waals surface area contributed by atoms with Crippen molar-refractivity contribution in [3.8, 4) is 0 Å². The van der Waals surface area contributed by atoms with Crippen molar-refractivity contribution >= 4 is 5.97 Å². The van der Waals surface area contributed by atoms with Gasteiger partial charge in [0.25, 0.3) is 0 Å². The molecule has 0 amide bonds. The van der Waals surface area contributed by atoms with Crippen molar-refractivity contribution in [2.75, 3.05) is 0 Å². The van der Waals surface area contributed by atoms with Gasteiger partial charge in [0, 0.05) is 12.0 Å². The Bertz CT molecular complexity index is 417. The molecule has 0 spiro atoms. The molecule has 3 N–H and O–H groups in total. The molecule has 0 aromatic heterocycles. The van der Waals surface area contributed by atoms with Gasteiger partial charge < -0.3 is 10.8 Å². The number of nitrogens with two attached hydrogens (primary N) is 1. The molecule has 0 saturated heterocycles. The number of hydrogen-bond acceptors (Lipinski definition) is 2. The monoisotopic (exact) mass is 263 g/mol. The van der Waals surface area contributed by atoms with E-state index in [1.807, 2.05) is 19.1 Å². The number of carboxylic acid groups (broad SMARTS) is 1. The Balaban J connectivity index is 3.00. The van der Waals surface area contributed by atoms with Gasteiger partial charge in [0.1, 0.15) is 0 Å². The van der Waals surface area contributed by atoms with E-state index in [4.69, 9.17) is 10.8 Å². The molecule has 0 aliphatic heterocycles. The van der Waals surface area contributed by atoms with Crippen LogP contribution in [-0.2, 0) is 10.2 Å². The average molecular weight is 263 g/mol. The van der Waals surface area contributed by atoms with E-state index in [-0.39, 0.29) is 23.8 Å². The van der Waals surface area contributed by atoms with Crippen LogP contribution in [-0.4, -0.2) is 17.1 Å². The van der Waals surface area contributed by atoms with Gasteiger partial charge in [-0.05, 0) is 23.0 Å². The van der Waals surface area contributed by atoms with E-state index in [1.165, 1.54) is 5.56 Å². The van der Waals surface area contributed by atoms with Crippen LogP contribution in [0.1, 0.15) is 57.6 Å². The van der Waals surface area contributed by atoms with Crippen LogP contribution in [0.3, 0.4) is 0 Å². The van der Waals surface area contributed by atoms with E-state index in [0.717, 1.165) is 12.0 Å². The Labute approximate surface area is 115 Å². The Morgan fingerprint density at radius 2 is 1.79 bits per heavy atom. The van der Waals surface area contributed by atoms with Gasteiger partial charge in [-0.15, -0.1) is 0 Å². The van der Waals surface area contributed by atoms with E-state index >= 15 is 0 Å². The lowest BCUT2D eigenvalue weighted by Gasteiger charge is -2.24. The summed E-state index contributed by atoms with van der Waals surface area (Å²) < 4.78 is 0. The van der Waals surface area contributed by atoms with Crippen LogP contribution < -0.4 is 5.73 Å². The summed E-state index contributed by atoms with van der Waals surface area (Å²) >= 11 is 0. The molecule has 1 aromatic rings. The van der Waals surface area contributed by atoms with E-state index < -0.39 is 5.97 Å². The summed E-state index contributed by atoms with van der Waals surface area (Å²) in [6.45, 7) is 8.47. The van der Waals surface area contributed by atoms with Crippen LogP contribution >= 0.6 is 0 Å². The van der Waals surface area contributed by atoms with E-state index in [1.54, 1.807) is 0 Å². The standard InChI is InChI=1S/C16H25NO2/c1-5-14(17)13(10-15(18)19)11-6-8-12(9-7-11)16(2,3)4/h6-9,13-14H,5,10,17H2,1-4H3,(H,18,19). The quantitative estimate of drug-likeness (QED) is 0.857. The van der Waals surface area contributed by atoms with Gasteiger partial charge in [-0.1, -0.05) is 52.0 Å². The van der Waals surface area contributed by atoms with Gasteiger partial charge in [-0.2, -0.15) is 0 Å². The minimum Gasteiger partial charge on any atom is -0.481 e. The SMILES string of the molecule is CCC(N)C(CC(=O)O)c1ccc(C(C)(C)C)cc1. The van der Waals surface area contributed by atoms with Crippen molar-refractivity contribution in [3.63, 3.8) is 0 Å². The first-order valence-corrected chi connectivity index (χ1v) is 6.83. The highest BCUT2D eigenvalue weighted by Crippen LogP contribution is 2.28. The van der Waals surface area contributed by atoms with Crippen LogP contribution in [0.15, 0.2) is 24.3 Å². The van der Waals surface area contributed by atoms with Gasteiger partial charge in [-0.3, -0.25) is 4.79 Å². The maximum absolute atomic E-state index is 11.0. The maximum Gasteiger partial charge on any atom is 0.304 e. The van der Waals surface area contributed by atoms with Crippen LogP contribution in [0.5, 0.6) is 0 Å². The van der Waals surface area contributed by atoms with Crippen LogP contribution in [0.2, 0.25) is 0 Å². The maximum atomic E-state index is 11.0. The molecule has 0 fully saturated rings. The number of rotatable bonds is 5. The van der Waals surface area contributed by atoms with Gasteiger partial charge in [-0.25, -0.2) is 0 Å². The van der Waals surface area contributed by atoms with Crippen LogP contribution in [0, 0.1) is 0 Å². The molecular weight excluding hydrogens is 238 g/mol. The second kappa shape index (κ2) is 6.20. The fourth-order valence-electron chi connectivity index (χ4n) is 2.22. The van der Waals surface area contributed by atoms with Crippen molar-refractivity contribution in [2.24, 2.45) is 5.73 Å². The van der Waals surface area contributed by atoms with Gasteiger partial charge in [0.2, 0.25) is 0 Å². The highest BCUT2D eigenvalue weighted by molar-refractivity contribution is 5.68. The molecule has 1 aromatic carbocycles. The van der Waals surface area contributed by atoms with Crippen LogP contribution in [0.4, 0.5) is 0 Å². The van der Waals surface area contributed by atoms with Gasteiger partial charge >= 0.3 is 5.97 Å². The Morgan fingerprint density at radius 1 is 1.26 bits per heavy atom. The molecule has 1 rings (SSSR count). The molecular formula is C16H25NO2. The Kier molecular flexibility index (Phi) is 5.12. The van der Waals surface area contributed by atoms with Gasteiger partial charge in [0.05, 0.1) is 6.42 Å². The smallest absolute Gasteiger partial charge is 0.304 e. The summed E-state index contributed by atoms with van der Waals surface area (Å²) in [5.41, 5.74) is 8.43. The van der Waals surface area contributed by atoms with Gasteiger partial charge in [0.15, 0.2) is 0 Å². The highest BCUT2D eigenvalue weighted by Gasteiger charge is 2.22. The molecule has 0 aliphatic rings. The summed E-state index contributed by atoms with van der Waals surface area (Å²) in [5, 5.41) is 9.02. The summed E-state index contributed by atoms with van der Waals surface area (Å²) in [6.07, 6.45) is 0.864. The predicted octanol–water partition coefficient (Wildman–Crippen LogP) is 3.28. The molecule has 2 atom stereocenters. The van der Waals surface area contributed by atoms with Crippen molar-refractivity contribution in [2.45, 2.75) is 57.9 Å². The molecule has 2 unspecified atom stereocenters. The third-order valence-electron chi connectivity index (χ3n) is 3.59. The number of carboxylic acids is 1. The molecule has 3 heteroatoms. The first kappa shape index (κ1) is 15.7. The highest BCUT2D eigenvalue weighted by atomic mass is 16.4. The summed E-state index contributed by atoms with van der Waals surface area (Å²) in [5.74, 6) is -0.912. The Morgan fingerprint density at radius 3 is 2.16 bits per heavy atom. The van der Waals surface area contributed by atoms with Crippen molar-refractivity contribution in [1.29, 1.82) is 0 Å². The molecule has 19 heavy (non-hydrogen) atoms. The largest absolute Gasteiger partial charge is 0.481 e. The minimum atomic E-state index is -0.797. The second-order valence-electron chi connectivity index (χ2n) is 6.15. The normalized spacial score (nSPS) is 15.0. The fraction of sp³-hybridized carbons (Fsp3) is 0.562. The third kappa shape index (κ3) is 4.35. The third-order valence-corrected chi connectivity index (χ3v) is 3.59. The van der Waals surface area contributed by atoms with E-state index in [2.05, 4.69) is 32.9 Å². The van der Waals surface area contributed by atoms with E-state index in [9.17, 15) is 4.79 Å². The molecule has 106 valence electrons. The molecule has 0 heterocycles. The van der Waals surface area contributed by atoms with E-state index in [0.29, 0.717) is 0 Å². The molecule has 0 radical (unpaired) electrons. The summed E-state index contributed by atoms with van der Waals surface area (Å²) in [4.78, 5) is 11.0. The minimum absolute atomic E-state index is 0.0872. The number of carbonyl (C=O) groups is 1. The number of benzene rings is 1. The molecule has 0 aliphatic carbocycles. The first-order chi connectivity index (χ1) is 8.75. The Hall–Kier alpha value is -1.35. The number of aliphatic carboxylic acids is 1. The summed E-state index contributed by atoms with van der Waals surface area (Å²) in [6, 6.07) is 8.07. The van der Waals surface area contributed by atoms with Crippen molar-refractivity contribution < 1.29 is 9.90 Å². The zero-order valence-corrected chi connectivity index (χ0v) is 12.3. The molecule has 0 bridgehead atoms. The number of hydrogen-bond donors (Lipinski definition) is 2. The fourth-order valence-corrected chi connectivity index (χ4v) is 2.22. The topological polar surface area (TPSA) is 63.3 Å². The summed E-state index contributed by atoms with van der Waals surface area (Å²) in [7, 11) is 0. The first-order valence-electron chi connectivity index (χ1n) is 6.83. The molecule has 0 saturated carbocycles. The second-order valence-corrected chi connectivity index (χ2v) is 6.15. The lowest BCUT2D eigenvalue weighted by molar-refractivity contribution is -0.137. The lowest BCUT2D eigenvalue weighted by Crippen LogP contribution is -2.29. The molecule has 3 nitrogen and oxygen atoms in total. The van der Waals surface area contributed by atoms with Crippen molar-refractivity contribution in [1.82, 2.24) is 0 Å². The average Bonchev–Trinajstić information content (AvgIpc) is 2.34. The van der Waals surface area contributed by atoms with Crippen LogP contribution in [0.25, 0.3) is 0 Å². The predicted molar refractivity (Wildman–Crippen MR) is 78.4 cm³/mol. The van der Waals surface area contributed by atoms with Crippen molar-refractivity contribution in [3.05, 3.63) is 35.4 Å². The zero-order valence-electron chi connectivity index (χ0n) is 12.3.